The number of nitrogens with two attached hydrogens (primary N) is 1. The van der Waals surface area contributed by atoms with Gasteiger partial charge in [0.15, 0.2) is 5.82 Å². The Labute approximate surface area is 248 Å². The number of nitrogens with one attached hydrogen (secondary N) is 1. The monoisotopic (exact) mass is 595 g/mol. The number of Topliss-reactive ketones (excluding diaryl/α,β-unsaturated/α-hetero) is 1. The van der Waals surface area contributed by atoms with Gasteiger partial charge in [-0.2, -0.15) is 4.98 Å². The first-order chi connectivity index (χ1) is 19.8. The first-order valence-corrected chi connectivity index (χ1v) is 15.2. The summed E-state index contributed by atoms with van der Waals surface area (Å²) in [5.74, 6) is 2.66. The van der Waals surface area contributed by atoms with Gasteiger partial charge in [0.2, 0.25) is 5.95 Å². The van der Waals surface area contributed by atoms with Crippen molar-refractivity contribution >= 4 is 52.5 Å². The number of rotatable bonds is 6. The van der Waals surface area contributed by atoms with Gasteiger partial charge < -0.3 is 26.0 Å². The quantitative estimate of drug-likeness (QED) is 0.382. The normalized spacial score (nSPS) is 24.2. The maximum Gasteiger partial charge on any atom is 0.227 e. The second-order valence-corrected chi connectivity index (χ2v) is 12.6. The number of piperidine rings is 2. The lowest BCUT2D eigenvalue weighted by atomic mass is 9.73. The molecule has 0 aromatic carbocycles. The Balaban J connectivity index is 1.09. The number of carbonyl (C=O) groups excluding carboxylic acids is 1. The SMILES string of the molecule is C[C@@H]1C(=O)CC2(CCN(c3cnc(Sc4ccnc(Nc5ccnc(N6CCC[C@H](O)C6)n5)c4Cl)cn3)CC2)[C@H]1N. The molecule has 3 aliphatic rings. The highest BCUT2D eigenvalue weighted by molar-refractivity contribution is 7.99. The van der Waals surface area contributed by atoms with Crippen LogP contribution in [0.3, 0.4) is 0 Å². The summed E-state index contributed by atoms with van der Waals surface area (Å²) < 4.78 is 0. The number of hydrogen-bond acceptors (Lipinski definition) is 12. The molecule has 3 atom stereocenters. The van der Waals surface area contributed by atoms with Crippen molar-refractivity contribution in [1.29, 1.82) is 0 Å². The van der Waals surface area contributed by atoms with E-state index in [1.54, 1.807) is 30.9 Å². The second kappa shape index (κ2) is 11.7. The first-order valence-electron chi connectivity index (χ1n) is 14.0. The average molecular weight is 596 g/mol. The van der Waals surface area contributed by atoms with E-state index in [1.165, 1.54) is 11.8 Å². The van der Waals surface area contributed by atoms with Crippen molar-refractivity contribution < 1.29 is 9.90 Å². The summed E-state index contributed by atoms with van der Waals surface area (Å²) in [6.45, 7) is 4.89. The predicted octanol–water partition coefficient (Wildman–Crippen LogP) is 3.69. The van der Waals surface area contributed by atoms with Crippen LogP contribution >= 0.6 is 23.4 Å². The van der Waals surface area contributed by atoms with Crippen molar-refractivity contribution in [2.24, 2.45) is 17.1 Å². The molecule has 6 rings (SSSR count). The molecule has 4 N–H and O–H groups in total. The molecule has 3 fully saturated rings. The molecule has 2 saturated heterocycles. The van der Waals surface area contributed by atoms with Crippen LogP contribution in [0.1, 0.15) is 39.0 Å². The van der Waals surface area contributed by atoms with Crippen LogP contribution in [0.5, 0.6) is 0 Å². The van der Waals surface area contributed by atoms with E-state index in [9.17, 15) is 9.90 Å². The van der Waals surface area contributed by atoms with Crippen LogP contribution in [0.4, 0.5) is 23.4 Å². The molecule has 1 saturated carbocycles. The minimum atomic E-state index is -0.371. The molecule has 0 radical (unpaired) electrons. The molecular formula is C28H34ClN9O2S. The Kier molecular flexibility index (Phi) is 7.99. The summed E-state index contributed by atoms with van der Waals surface area (Å²) in [7, 11) is 0. The summed E-state index contributed by atoms with van der Waals surface area (Å²) in [6, 6.07) is 3.53. The van der Waals surface area contributed by atoms with E-state index >= 15 is 0 Å². The average Bonchev–Trinajstić information content (AvgIpc) is 3.19. The second-order valence-electron chi connectivity index (χ2n) is 11.2. The maximum absolute atomic E-state index is 12.3. The van der Waals surface area contributed by atoms with Gasteiger partial charge in [-0.15, -0.1) is 0 Å². The van der Waals surface area contributed by atoms with Crippen molar-refractivity contribution in [3.05, 3.63) is 41.9 Å². The van der Waals surface area contributed by atoms with Crippen LogP contribution in [-0.4, -0.2) is 74.1 Å². The number of nitrogens with zero attached hydrogens (tertiary/aromatic N) is 7. The molecule has 41 heavy (non-hydrogen) atoms. The fourth-order valence-corrected chi connectivity index (χ4v) is 7.13. The number of aliphatic hydroxyl groups excluding tert-OH is 1. The molecule has 1 aliphatic carbocycles. The Bertz CT molecular complexity index is 1400. The molecule has 0 amide bonds. The van der Waals surface area contributed by atoms with Crippen LogP contribution in [0.2, 0.25) is 5.02 Å². The van der Waals surface area contributed by atoms with Gasteiger partial charge in [0.1, 0.15) is 22.4 Å². The summed E-state index contributed by atoms with van der Waals surface area (Å²) >= 11 is 8.15. The minimum absolute atomic E-state index is 0.0543. The van der Waals surface area contributed by atoms with E-state index in [0.29, 0.717) is 46.4 Å². The van der Waals surface area contributed by atoms with Gasteiger partial charge in [0, 0.05) is 61.8 Å². The Morgan fingerprint density at radius 1 is 1.10 bits per heavy atom. The van der Waals surface area contributed by atoms with Gasteiger partial charge in [-0.05, 0) is 43.2 Å². The zero-order valence-corrected chi connectivity index (χ0v) is 24.5. The topological polar surface area (TPSA) is 146 Å². The standard InChI is InChI=1S/C28H34ClN9O2S/c1-17-19(40)13-28(25(17)30)6-11-37(12-7-28)22-14-34-23(15-33-22)41-20-4-8-31-26(24(20)29)35-21-5-9-32-27(36-21)38-10-2-3-18(39)16-38/h4-5,8-9,14-15,17-18,25,39H,2-3,6-7,10-13,16,30H2,1H3,(H,31,32,35,36)/t17-,18+,25+/m1/s1. The fourth-order valence-electron chi connectivity index (χ4n) is 6.11. The zero-order valence-electron chi connectivity index (χ0n) is 22.9. The first kappa shape index (κ1) is 28.1. The molecular weight excluding hydrogens is 562 g/mol. The van der Waals surface area contributed by atoms with Gasteiger partial charge >= 0.3 is 0 Å². The van der Waals surface area contributed by atoms with Crippen LogP contribution in [0.25, 0.3) is 0 Å². The molecule has 0 bridgehead atoms. The predicted molar refractivity (Wildman–Crippen MR) is 159 cm³/mol. The van der Waals surface area contributed by atoms with E-state index in [4.69, 9.17) is 17.3 Å². The van der Waals surface area contributed by atoms with Gasteiger partial charge in [0.05, 0.1) is 23.5 Å². The third-order valence-corrected chi connectivity index (χ3v) is 10.1. The summed E-state index contributed by atoms with van der Waals surface area (Å²) in [5, 5.41) is 14.4. The number of anilines is 4. The minimum Gasteiger partial charge on any atom is -0.391 e. The lowest BCUT2D eigenvalue weighted by Gasteiger charge is -2.42. The van der Waals surface area contributed by atoms with Crippen LogP contribution in [-0.2, 0) is 4.79 Å². The van der Waals surface area contributed by atoms with Crippen LogP contribution in [0.15, 0.2) is 46.8 Å². The van der Waals surface area contributed by atoms with Crippen molar-refractivity contribution in [2.75, 3.05) is 41.3 Å². The van der Waals surface area contributed by atoms with Gasteiger partial charge in [0.25, 0.3) is 0 Å². The fraction of sp³-hybridized carbons (Fsp3) is 0.500. The lowest BCUT2D eigenvalue weighted by Crippen LogP contribution is -2.48. The van der Waals surface area contributed by atoms with E-state index < -0.39 is 0 Å². The van der Waals surface area contributed by atoms with Gasteiger partial charge in [-0.3, -0.25) is 4.79 Å². The number of pyridine rings is 1. The summed E-state index contributed by atoms with van der Waals surface area (Å²) in [6.07, 6.45) is 10.6. The van der Waals surface area contributed by atoms with E-state index in [-0.39, 0.29) is 23.5 Å². The number of aromatic nitrogens is 5. The summed E-state index contributed by atoms with van der Waals surface area (Å²) in [4.78, 5) is 39.9. The molecule has 13 heteroatoms. The van der Waals surface area contributed by atoms with E-state index in [2.05, 4.69) is 35.1 Å². The molecule has 216 valence electrons. The van der Waals surface area contributed by atoms with Crippen molar-refractivity contribution in [3.8, 4) is 0 Å². The third-order valence-electron chi connectivity index (χ3n) is 8.61. The van der Waals surface area contributed by atoms with E-state index in [0.717, 1.165) is 56.0 Å². The van der Waals surface area contributed by atoms with Crippen LogP contribution in [0, 0.1) is 11.3 Å². The molecule has 2 aliphatic heterocycles. The number of hydrogen-bond donors (Lipinski definition) is 3. The number of β-amino-alcohol motifs (C(OH)–C–C–N with tert-alkyl or cyclic N) is 1. The number of carbonyl (C=O) groups is 1. The number of ketones is 1. The number of aliphatic hydroxyl groups is 1. The van der Waals surface area contributed by atoms with Crippen molar-refractivity contribution in [3.63, 3.8) is 0 Å². The van der Waals surface area contributed by atoms with Crippen LogP contribution < -0.4 is 20.9 Å². The largest absolute Gasteiger partial charge is 0.391 e. The van der Waals surface area contributed by atoms with Gasteiger partial charge in [-0.25, -0.2) is 19.9 Å². The highest BCUT2D eigenvalue weighted by Gasteiger charge is 2.50. The highest BCUT2D eigenvalue weighted by atomic mass is 35.5. The molecule has 1 spiro atoms. The van der Waals surface area contributed by atoms with Crippen molar-refractivity contribution in [1.82, 2.24) is 24.9 Å². The third kappa shape index (κ3) is 5.83. The highest BCUT2D eigenvalue weighted by Crippen LogP contribution is 2.46. The molecule has 5 heterocycles. The van der Waals surface area contributed by atoms with E-state index in [1.807, 2.05) is 17.9 Å². The molecule has 0 unspecified atom stereocenters. The zero-order chi connectivity index (χ0) is 28.6. The molecule has 3 aromatic heterocycles. The summed E-state index contributed by atoms with van der Waals surface area (Å²) in [5.41, 5.74) is 6.38. The number of halogens is 1. The smallest absolute Gasteiger partial charge is 0.227 e. The Hall–Kier alpha value is -3.06. The Morgan fingerprint density at radius 3 is 2.61 bits per heavy atom. The maximum atomic E-state index is 12.3. The van der Waals surface area contributed by atoms with Crippen molar-refractivity contribution in [2.45, 2.75) is 61.1 Å². The Morgan fingerprint density at radius 2 is 1.90 bits per heavy atom. The van der Waals surface area contributed by atoms with Gasteiger partial charge in [-0.1, -0.05) is 30.3 Å². The molecule has 3 aromatic rings. The lowest BCUT2D eigenvalue weighted by molar-refractivity contribution is -0.120. The molecule has 11 nitrogen and oxygen atoms in total.